The van der Waals surface area contributed by atoms with Crippen LogP contribution in [0.2, 0.25) is 5.04 Å². The van der Waals surface area contributed by atoms with Crippen molar-refractivity contribution in [3.63, 3.8) is 0 Å². The Morgan fingerprint density at radius 2 is 1.38 bits per heavy atom. The summed E-state index contributed by atoms with van der Waals surface area (Å²) in [6, 6.07) is 21.5. The molecule has 3 heteroatoms. The Morgan fingerprint density at radius 1 is 0.875 bits per heavy atom. The van der Waals surface area contributed by atoms with Crippen molar-refractivity contribution in [1.29, 1.82) is 0 Å². The summed E-state index contributed by atoms with van der Waals surface area (Å²) < 4.78 is 6.75. The maximum absolute atomic E-state index is 6.75. The molecule has 128 valence electrons. The summed E-state index contributed by atoms with van der Waals surface area (Å²) in [5.74, 6) is 0. The van der Waals surface area contributed by atoms with E-state index >= 15 is 0 Å². The van der Waals surface area contributed by atoms with E-state index in [0.29, 0.717) is 6.61 Å². The molecule has 0 radical (unpaired) electrons. The molecule has 0 saturated carbocycles. The van der Waals surface area contributed by atoms with E-state index in [1.54, 1.807) is 0 Å². The van der Waals surface area contributed by atoms with Gasteiger partial charge in [-0.15, -0.1) is 0 Å². The molecular weight excluding hydrogens is 376 g/mol. The Morgan fingerprint density at radius 3 is 1.79 bits per heavy atom. The van der Waals surface area contributed by atoms with Crippen molar-refractivity contribution in [1.82, 2.24) is 0 Å². The fourth-order valence-corrected chi connectivity index (χ4v) is 7.95. The van der Waals surface area contributed by atoms with Crippen LogP contribution in [0.5, 0.6) is 0 Å². The maximum Gasteiger partial charge on any atom is 0.261 e. The van der Waals surface area contributed by atoms with Crippen LogP contribution in [0, 0.1) is 0 Å². The fraction of sp³-hybridized carbons (Fsp3) is 0.333. The zero-order valence-corrected chi connectivity index (χ0v) is 17.4. The van der Waals surface area contributed by atoms with Gasteiger partial charge in [-0.1, -0.05) is 110 Å². The van der Waals surface area contributed by atoms with E-state index in [1.807, 2.05) is 0 Å². The molecule has 0 aliphatic rings. The first-order valence-corrected chi connectivity index (χ1v) is 11.5. The third kappa shape index (κ3) is 4.27. The summed E-state index contributed by atoms with van der Waals surface area (Å²) in [7, 11) is -2.37. The number of rotatable bonds is 7. The molecule has 24 heavy (non-hydrogen) atoms. The van der Waals surface area contributed by atoms with Crippen molar-refractivity contribution in [2.45, 2.75) is 32.2 Å². The minimum Gasteiger partial charge on any atom is -0.404 e. The average molecular weight is 403 g/mol. The Kier molecular flexibility index (Phi) is 7.02. The van der Waals surface area contributed by atoms with Crippen molar-refractivity contribution in [3.8, 4) is 0 Å². The van der Waals surface area contributed by atoms with E-state index < -0.39 is 8.32 Å². The van der Waals surface area contributed by atoms with Crippen molar-refractivity contribution < 1.29 is 4.43 Å². The second-order valence-corrected chi connectivity index (χ2v) is 12.0. The zero-order chi connectivity index (χ0) is 17.5. The molecule has 0 heterocycles. The highest BCUT2D eigenvalue weighted by atomic mass is 79.9. The summed E-state index contributed by atoms with van der Waals surface area (Å²) in [6.07, 6.45) is 5.37. The summed E-state index contributed by atoms with van der Waals surface area (Å²) >= 11 is 3.46. The molecule has 2 aromatic carbocycles. The average Bonchev–Trinajstić information content (AvgIpc) is 2.59. The van der Waals surface area contributed by atoms with E-state index in [-0.39, 0.29) is 5.04 Å². The van der Waals surface area contributed by atoms with Crippen molar-refractivity contribution in [2.24, 2.45) is 0 Å². The second-order valence-electron chi connectivity index (χ2n) is 6.92. The Bertz CT molecular complexity index is 592. The summed E-state index contributed by atoms with van der Waals surface area (Å²) in [5.41, 5.74) is 0. The van der Waals surface area contributed by atoms with Gasteiger partial charge < -0.3 is 4.43 Å². The summed E-state index contributed by atoms with van der Waals surface area (Å²) in [6.45, 7) is 7.57. The molecular formula is C21H27BrOSi. The minimum absolute atomic E-state index is 0.0406. The molecule has 0 N–H and O–H groups in total. The van der Waals surface area contributed by atoms with Gasteiger partial charge in [0, 0.05) is 5.33 Å². The number of hydrogen-bond donors (Lipinski definition) is 0. The van der Waals surface area contributed by atoms with Gasteiger partial charge in [0.15, 0.2) is 0 Å². The quantitative estimate of drug-likeness (QED) is 0.363. The van der Waals surface area contributed by atoms with E-state index in [2.05, 4.69) is 110 Å². The molecule has 0 bridgehead atoms. The predicted molar refractivity (Wildman–Crippen MR) is 111 cm³/mol. The topological polar surface area (TPSA) is 9.23 Å². The fourth-order valence-electron chi connectivity index (χ4n) is 3.18. The molecule has 0 atom stereocenters. The van der Waals surface area contributed by atoms with Gasteiger partial charge in [-0.05, 0) is 21.8 Å². The van der Waals surface area contributed by atoms with Gasteiger partial charge in [0.05, 0.1) is 6.61 Å². The van der Waals surface area contributed by atoms with Crippen LogP contribution >= 0.6 is 15.9 Å². The summed E-state index contributed by atoms with van der Waals surface area (Å²) in [5, 5.41) is 3.69. The Labute approximate surface area is 156 Å². The van der Waals surface area contributed by atoms with Crippen LogP contribution in [0.15, 0.2) is 72.8 Å². The lowest BCUT2D eigenvalue weighted by molar-refractivity contribution is 0.339. The lowest BCUT2D eigenvalue weighted by Crippen LogP contribution is -2.66. The number of allylic oxidation sites excluding steroid dienone is 1. The van der Waals surface area contributed by atoms with Crippen molar-refractivity contribution in [2.75, 3.05) is 11.9 Å². The van der Waals surface area contributed by atoms with Gasteiger partial charge in [0.1, 0.15) is 0 Å². The van der Waals surface area contributed by atoms with E-state index in [1.165, 1.54) is 10.4 Å². The Balaban J connectivity index is 2.49. The SMILES string of the molecule is CC(C)(C)[Si](OC/C=C/CCBr)(c1ccccc1)c1ccccc1. The standard InChI is InChI=1S/C21H27BrOSi/c1-21(2,3)24(19-13-7-4-8-14-19,20-15-9-5-10-16-20)23-18-12-6-11-17-22/h4-10,12-16H,11,17-18H2,1-3H3/b12-6+. The molecule has 2 rings (SSSR count). The van der Waals surface area contributed by atoms with Crippen molar-refractivity contribution in [3.05, 3.63) is 72.8 Å². The molecule has 2 aromatic rings. The summed E-state index contributed by atoms with van der Waals surface area (Å²) in [4.78, 5) is 0. The molecule has 0 fully saturated rings. The molecule has 0 aromatic heterocycles. The third-order valence-electron chi connectivity index (χ3n) is 4.26. The molecule has 0 amide bonds. The first kappa shape index (κ1) is 19.2. The predicted octanol–water partition coefficient (Wildman–Crippen LogP) is 4.90. The van der Waals surface area contributed by atoms with E-state index in [9.17, 15) is 0 Å². The first-order chi connectivity index (χ1) is 11.5. The normalized spacial score (nSPS) is 12.7. The number of halogens is 1. The minimum atomic E-state index is -2.37. The third-order valence-corrected chi connectivity index (χ3v) is 9.72. The largest absolute Gasteiger partial charge is 0.404 e. The van der Waals surface area contributed by atoms with E-state index in [0.717, 1.165) is 11.8 Å². The number of benzene rings is 2. The molecule has 0 spiro atoms. The molecule has 0 aliphatic carbocycles. The second kappa shape index (κ2) is 8.79. The Hall–Kier alpha value is -1.16. The molecule has 0 saturated heterocycles. The molecule has 1 nitrogen and oxygen atoms in total. The monoisotopic (exact) mass is 402 g/mol. The molecule has 0 aliphatic heterocycles. The zero-order valence-electron chi connectivity index (χ0n) is 14.8. The van der Waals surface area contributed by atoms with Crippen LogP contribution in [0.25, 0.3) is 0 Å². The van der Waals surface area contributed by atoms with Gasteiger partial charge in [0.25, 0.3) is 8.32 Å². The van der Waals surface area contributed by atoms with Crippen LogP contribution < -0.4 is 10.4 Å². The molecule has 0 unspecified atom stereocenters. The van der Waals surface area contributed by atoms with Crippen LogP contribution in [0.3, 0.4) is 0 Å². The number of hydrogen-bond acceptors (Lipinski definition) is 1. The van der Waals surface area contributed by atoms with Gasteiger partial charge in [-0.2, -0.15) is 0 Å². The van der Waals surface area contributed by atoms with Crippen LogP contribution in [-0.4, -0.2) is 20.3 Å². The number of alkyl halides is 1. The first-order valence-electron chi connectivity index (χ1n) is 8.48. The maximum atomic E-state index is 6.75. The lowest BCUT2D eigenvalue weighted by atomic mass is 10.2. The highest BCUT2D eigenvalue weighted by Gasteiger charge is 2.49. The highest BCUT2D eigenvalue weighted by molar-refractivity contribution is 9.09. The van der Waals surface area contributed by atoms with Gasteiger partial charge in [-0.3, -0.25) is 0 Å². The lowest BCUT2D eigenvalue weighted by Gasteiger charge is -2.42. The van der Waals surface area contributed by atoms with E-state index in [4.69, 9.17) is 4.43 Å². The van der Waals surface area contributed by atoms with Crippen LogP contribution in [-0.2, 0) is 4.43 Å². The van der Waals surface area contributed by atoms with Crippen molar-refractivity contribution >= 4 is 34.6 Å². The van der Waals surface area contributed by atoms with Crippen LogP contribution in [0.1, 0.15) is 27.2 Å². The van der Waals surface area contributed by atoms with Gasteiger partial charge in [-0.25, -0.2) is 0 Å². The van der Waals surface area contributed by atoms with Gasteiger partial charge >= 0.3 is 0 Å². The smallest absolute Gasteiger partial charge is 0.261 e. The van der Waals surface area contributed by atoms with Crippen LogP contribution in [0.4, 0.5) is 0 Å². The highest BCUT2D eigenvalue weighted by Crippen LogP contribution is 2.36. The van der Waals surface area contributed by atoms with Gasteiger partial charge in [0.2, 0.25) is 0 Å².